The molecule has 2 aromatic rings. The number of carbonyl (C=O) groups excluding carboxylic acids is 1. The molecule has 1 amide bonds. The van der Waals surface area contributed by atoms with Gasteiger partial charge in [0.15, 0.2) is 0 Å². The first-order valence-electron chi connectivity index (χ1n) is 10.0. The van der Waals surface area contributed by atoms with Crippen molar-refractivity contribution in [2.24, 2.45) is 5.92 Å². The second-order valence-electron chi connectivity index (χ2n) is 7.36. The van der Waals surface area contributed by atoms with E-state index < -0.39 is 0 Å². The average Bonchev–Trinajstić information content (AvgIpc) is 2.73. The minimum atomic E-state index is 0.161. The Bertz CT molecular complexity index is 712. The summed E-state index contributed by atoms with van der Waals surface area (Å²) in [7, 11) is 1.98. The molecule has 0 aliphatic carbocycles. The third kappa shape index (κ3) is 5.10. The Hall–Kier alpha value is -2.33. The normalized spacial score (nSPS) is 17.0. The molecule has 0 saturated carbocycles. The predicted octanol–water partition coefficient (Wildman–Crippen LogP) is 3.78. The number of nitrogens with zero attached hydrogens (tertiary/aromatic N) is 2. The van der Waals surface area contributed by atoms with E-state index in [1.54, 1.807) is 0 Å². The first-order valence-corrected chi connectivity index (χ1v) is 10.0. The van der Waals surface area contributed by atoms with Crippen molar-refractivity contribution in [3.05, 3.63) is 65.7 Å². The van der Waals surface area contributed by atoms with E-state index in [9.17, 15) is 4.79 Å². The van der Waals surface area contributed by atoms with Crippen LogP contribution in [0.2, 0.25) is 0 Å². The first-order chi connectivity index (χ1) is 13.2. The zero-order chi connectivity index (χ0) is 19.1. The van der Waals surface area contributed by atoms with Gasteiger partial charge in [-0.3, -0.25) is 4.79 Å². The van der Waals surface area contributed by atoms with E-state index >= 15 is 0 Å². The molecule has 1 N–H and O–H groups in total. The van der Waals surface area contributed by atoms with Gasteiger partial charge >= 0.3 is 0 Å². The highest BCUT2D eigenvalue weighted by Crippen LogP contribution is 2.21. The monoisotopic (exact) mass is 365 g/mol. The van der Waals surface area contributed by atoms with E-state index in [2.05, 4.69) is 53.5 Å². The van der Waals surface area contributed by atoms with Crippen LogP contribution in [0.5, 0.6) is 0 Å². The molecule has 4 heteroatoms. The van der Waals surface area contributed by atoms with Crippen molar-refractivity contribution >= 4 is 11.6 Å². The molecule has 1 unspecified atom stereocenters. The van der Waals surface area contributed by atoms with Crippen LogP contribution in [0.15, 0.2) is 54.6 Å². The lowest BCUT2D eigenvalue weighted by atomic mass is 9.97. The molecule has 0 bridgehead atoms. The molecule has 1 heterocycles. The van der Waals surface area contributed by atoms with Crippen LogP contribution in [0, 0.1) is 5.92 Å². The maximum Gasteiger partial charge on any atom is 0.253 e. The number of carbonyl (C=O) groups is 1. The highest BCUT2D eigenvalue weighted by molar-refractivity contribution is 5.94. The summed E-state index contributed by atoms with van der Waals surface area (Å²) < 4.78 is 0. The summed E-state index contributed by atoms with van der Waals surface area (Å²) in [6.45, 7) is 6.68. The summed E-state index contributed by atoms with van der Waals surface area (Å²) in [4.78, 5) is 17.2. The van der Waals surface area contributed by atoms with Gasteiger partial charge in [0.05, 0.1) is 0 Å². The number of likely N-dealkylation sites (tertiary alicyclic amines) is 1. The zero-order valence-electron chi connectivity index (χ0n) is 16.5. The summed E-state index contributed by atoms with van der Waals surface area (Å²) in [5, 5.41) is 3.24. The van der Waals surface area contributed by atoms with Gasteiger partial charge in [0, 0.05) is 37.4 Å². The lowest BCUT2D eigenvalue weighted by Gasteiger charge is -2.33. The number of amides is 1. The van der Waals surface area contributed by atoms with Crippen LogP contribution >= 0.6 is 0 Å². The molecule has 1 fully saturated rings. The van der Waals surface area contributed by atoms with Crippen LogP contribution in [-0.2, 0) is 6.54 Å². The van der Waals surface area contributed by atoms with Crippen molar-refractivity contribution in [3.8, 4) is 0 Å². The lowest BCUT2D eigenvalue weighted by Crippen LogP contribution is -2.42. The van der Waals surface area contributed by atoms with Crippen LogP contribution in [0.3, 0.4) is 0 Å². The molecule has 3 rings (SSSR count). The summed E-state index contributed by atoms with van der Waals surface area (Å²) >= 11 is 0. The molecular weight excluding hydrogens is 334 g/mol. The number of hydrogen-bond acceptors (Lipinski definition) is 3. The van der Waals surface area contributed by atoms with E-state index in [-0.39, 0.29) is 5.91 Å². The summed E-state index contributed by atoms with van der Waals surface area (Å²) in [5.74, 6) is 0.724. The van der Waals surface area contributed by atoms with Crippen LogP contribution in [0.4, 0.5) is 5.69 Å². The molecule has 0 spiro atoms. The van der Waals surface area contributed by atoms with Crippen LogP contribution in [-0.4, -0.2) is 44.0 Å². The Balaban J connectivity index is 1.66. The third-order valence-electron chi connectivity index (χ3n) is 5.38. The van der Waals surface area contributed by atoms with Crippen LogP contribution in [0.1, 0.15) is 35.7 Å². The average molecular weight is 366 g/mol. The fourth-order valence-corrected chi connectivity index (χ4v) is 3.89. The number of piperidine rings is 1. The molecule has 0 aromatic heterocycles. The molecule has 0 radical (unpaired) electrons. The van der Waals surface area contributed by atoms with Crippen molar-refractivity contribution in [2.75, 3.05) is 38.1 Å². The Morgan fingerprint density at radius 1 is 1.15 bits per heavy atom. The Labute approximate surface area is 163 Å². The molecular formula is C23H31N3O. The maximum absolute atomic E-state index is 12.9. The summed E-state index contributed by atoms with van der Waals surface area (Å²) in [6, 6.07) is 18.6. The van der Waals surface area contributed by atoms with Gasteiger partial charge in [-0.1, -0.05) is 30.3 Å². The molecule has 4 nitrogen and oxygen atoms in total. The number of anilines is 1. The largest absolute Gasteiger partial charge is 0.367 e. The van der Waals surface area contributed by atoms with Gasteiger partial charge in [-0.2, -0.15) is 0 Å². The van der Waals surface area contributed by atoms with Crippen molar-refractivity contribution in [3.63, 3.8) is 0 Å². The lowest BCUT2D eigenvalue weighted by molar-refractivity contribution is 0.0674. The van der Waals surface area contributed by atoms with E-state index in [1.165, 1.54) is 12.0 Å². The SMILES string of the molecule is CCN(Cc1ccccc1)c1ccc(C(=O)N2CCCC(CNC)C2)cc1. The van der Waals surface area contributed by atoms with E-state index in [4.69, 9.17) is 0 Å². The fourth-order valence-electron chi connectivity index (χ4n) is 3.89. The standard InChI is InChI=1S/C23H31N3O/c1-3-25(17-19-8-5-4-6-9-19)22-13-11-21(12-14-22)23(27)26-15-7-10-20(18-26)16-24-2/h4-6,8-9,11-14,20,24H,3,7,10,15-18H2,1-2H3. The second kappa shape index (κ2) is 9.56. The second-order valence-corrected chi connectivity index (χ2v) is 7.36. The molecule has 144 valence electrons. The zero-order valence-corrected chi connectivity index (χ0v) is 16.5. The van der Waals surface area contributed by atoms with Gasteiger partial charge in [-0.25, -0.2) is 0 Å². The minimum Gasteiger partial charge on any atom is -0.367 e. The van der Waals surface area contributed by atoms with Crippen LogP contribution in [0.25, 0.3) is 0 Å². The smallest absolute Gasteiger partial charge is 0.253 e. The predicted molar refractivity (Wildman–Crippen MR) is 112 cm³/mol. The first kappa shape index (κ1) is 19.4. The highest BCUT2D eigenvalue weighted by atomic mass is 16.2. The highest BCUT2D eigenvalue weighted by Gasteiger charge is 2.24. The Morgan fingerprint density at radius 3 is 2.56 bits per heavy atom. The van der Waals surface area contributed by atoms with Gasteiger partial charge in [0.25, 0.3) is 5.91 Å². The molecule has 2 aromatic carbocycles. The molecule has 1 aliphatic heterocycles. The summed E-state index contributed by atoms with van der Waals surface area (Å²) in [6.07, 6.45) is 2.30. The third-order valence-corrected chi connectivity index (χ3v) is 5.38. The van der Waals surface area contributed by atoms with Crippen molar-refractivity contribution in [2.45, 2.75) is 26.3 Å². The van der Waals surface area contributed by atoms with E-state index in [0.29, 0.717) is 5.92 Å². The van der Waals surface area contributed by atoms with Crippen molar-refractivity contribution < 1.29 is 4.79 Å². The molecule has 1 aliphatic rings. The number of nitrogens with one attached hydrogen (secondary N) is 1. The fraction of sp³-hybridized carbons (Fsp3) is 0.435. The van der Waals surface area contributed by atoms with Gasteiger partial charge in [0.2, 0.25) is 0 Å². The number of benzene rings is 2. The topological polar surface area (TPSA) is 35.6 Å². The van der Waals surface area contributed by atoms with E-state index in [0.717, 1.165) is 50.4 Å². The Morgan fingerprint density at radius 2 is 1.89 bits per heavy atom. The van der Waals surface area contributed by atoms with Gasteiger partial charge in [0.1, 0.15) is 0 Å². The number of hydrogen-bond donors (Lipinski definition) is 1. The Kier molecular flexibility index (Phi) is 6.88. The van der Waals surface area contributed by atoms with Gasteiger partial charge < -0.3 is 15.1 Å². The maximum atomic E-state index is 12.9. The molecule has 1 atom stereocenters. The quantitative estimate of drug-likeness (QED) is 0.811. The van der Waals surface area contributed by atoms with Crippen molar-refractivity contribution in [1.29, 1.82) is 0 Å². The molecule has 1 saturated heterocycles. The van der Waals surface area contributed by atoms with Gasteiger partial charge in [-0.15, -0.1) is 0 Å². The van der Waals surface area contributed by atoms with Gasteiger partial charge in [-0.05, 0) is 69.1 Å². The number of rotatable bonds is 7. The molecule has 27 heavy (non-hydrogen) atoms. The van der Waals surface area contributed by atoms with E-state index in [1.807, 2.05) is 30.1 Å². The van der Waals surface area contributed by atoms with Crippen molar-refractivity contribution in [1.82, 2.24) is 10.2 Å². The minimum absolute atomic E-state index is 0.161. The van der Waals surface area contributed by atoms with Crippen LogP contribution < -0.4 is 10.2 Å². The summed E-state index contributed by atoms with van der Waals surface area (Å²) in [5.41, 5.74) is 3.24.